The van der Waals surface area contributed by atoms with E-state index in [4.69, 9.17) is 32.7 Å². The number of hydrogen-bond acceptors (Lipinski definition) is 6. The Morgan fingerprint density at radius 2 is 1.80 bits per heavy atom. The standard InChI is InChI=1S/C25H19Cl2FN2O5/c1-34-23-16(10-17(26)24(35-2)19(23)27)21(31)18-20(14-5-7-15(28)8-6-14)30(25(33)22(18)32)12-13-4-3-9-29-11-13/h3-11,20,31H,12H2,1-2H3/b21-18+. The van der Waals surface area contributed by atoms with E-state index in [1.165, 1.54) is 49.5 Å². The van der Waals surface area contributed by atoms with Crippen molar-refractivity contribution in [1.29, 1.82) is 0 Å². The summed E-state index contributed by atoms with van der Waals surface area (Å²) in [7, 11) is 2.69. The summed E-state index contributed by atoms with van der Waals surface area (Å²) in [6, 6.07) is 9.06. The molecule has 1 aliphatic heterocycles. The number of aromatic nitrogens is 1. The maximum atomic E-state index is 13.7. The highest BCUT2D eigenvalue weighted by Gasteiger charge is 2.46. The number of aliphatic hydroxyl groups excluding tert-OH is 1. The molecule has 0 aliphatic carbocycles. The molecule has 1 N–H and O–H groups in total. The third-order valence-electron chi connectivity index (χ3n) is 5.60. The second-order valence-electron chi connectivity index (χ2n) is 7.63. The second-order valence-corrected chi connectivity index (χ2v) is 8.41. The maximum absolute atomic E-state index is 13.7. The predicted octanol–water partition coefficient (Wildman–Crippen LogP) is 5.17. The SMILES string of the molecule is COc1c(Cl)cc(/C(O)=C2\C(=O)C(=O)N(Cc3cccnc3)C2c2ccc(F)cc2)c(OC)c1Cl. The lowest BCUT2D eigenvalue weighted by Crippen LogP contribution is -2.29. The number of carbonyl (C=O) groups excluding carboxylic acids is 2. The van der Waals surface area contributed by atoms with E-state index < -0.39 is 29.3 Å². The van der Waals surface area contributed by atoms with Crippen molar-refractivity contribution >= 4 is 40.7 Å². The number of halogens is 3. The van der Waals surface area contributed by atoms with Gasteiger partial charge in [0.05, 0.1) is 36.4 Å². The molecule has 4 rings (SSSR count). The fraction of sp³-hybridized carbons (Fsp3) is 0.160. The van der Waals surface area contributed by atoms with Crippen LogP contribution in [0.25, 0.3) is 5.76 Å². The van der Waals surface area contributed by atoms with Crippen LogP contribution in [0.1, 0.15) is 22.7 Å². The molecule has 1 unspecified atom stereocenters. The minimum atomic E-state index is -1.03. The third kappa shape index (κ3) is 4.42. The van der Waals surface area contributed by atoms with Gasteiger partial charge in [-0.2, -0.15) is 0 Å². The van der Waals surface area contributed by atoms with Crippen molar-refractivity contribution < 1.29 is 28.6 Å². The zero-order chi connectivity index (χ0) is 25.3. The van der Waals surface area contributed by atoms with Crippen LogP contribution in [0.2, 0.25) is 10.0 Å². The number of ether oxygens (including phenoxy) is 2. The van der Waals surface area contributed by atoms with Crippen LogP contribution in [-0.4, -0.2) is 40.9 Å². The quantitative estimate of drug-likeness (QED) is 0.276. The van der Waals surface area contributed by atoms with Crippen LogP contribution in [0, 0.1) is 5.82 Å². The molecule has 1 amide bonds. The summed E-state index contributed by atoms with van der Waals surface area (Å²) in [4.78, 5) is 31.7. The molecule has 2 heterocycles. The molecule has 1 saturated heterocycles. The summed E-state index contributed by atoms with van der Waals surface area (Å²) in [5.74, 6) is -2.68. The van der Waals surface area contributed by atoms with Gasteiger partial charge in [0, 0.05) is 18.9 Å². The summed E-state index contributed by atoms with van der Waals surface area (Å²) in [6.45, 7) is 0.0263. The summed E-state index contributed by atoms with van der Waals surface area (Å²) in [6.07, 6.45) is 3.14. The molecule has 0 radical (unpaired) electrons. The van der Waals surface area contributed by atoms with Gasteiger partial charge in [0.2, 0.25) is 0 Å². The van der Waals surface area contributed by atoms with Gasteiger partial charge in [-0.25, -0.2) is 4.39 Å². The van der Waals surface area contributed by atoms with Crippen molar-refractivity contribution in [2.75, 3.05) is 14.2 Å². The van der Waals surface area contributed by atoms with Crippen molar-refractivity contribution in [2.24, 2.45) is 0 Å². The summed E-state index contributed by atoms with van der Waals surface area (Å²) >= 11 is 12.6. The number of pyridine rings is 1. The number of benzene rings is 2. The average molecular weight is 517 g/mol. The van der Waals surface area contributed by atoms with E-state index in [2.05, 4.69) is 4.98 Å². The van der Waals surface area contributed by atoms with Gasteiger partial charge in [-0.15, -0.1) is 0 Å². The zero-order valence-electron chi connectivity index (χ0n) is 18.6. The molecule has 1 aromatic heterocycles. The van der Waals surface area contributed by atoms with Gasteiger partial charge < -0.3 is 19.5 Å². The van der Waals surface area contributed by atoms with Crippen LogP contribution in [0.4, 0.5) is 4.39 Å². The Morgan fingerprint density at radius 3 is 2.40 bits per heavy atom. The van der Waals surface area contributed by atoms with Crippen LogP contribution >= 0.6 is 23.2 Å². The number of methoxy groups -OCH3 is 2. The number of aliphatic hydroxyl groups is 1. The van der Waals surface area contributed by atoms with Crippen LogP contribution in [0.3, 0.4) is 0 Å². The van der Waals surface area contributed by atoms with E-state index >= 15 is 0 Å². The van der Waals surface area contributed by atoms with Gasteiger partial charge in [0.1, 0.15) is 16.6 Å². The molecular weight excluding hydrogens is 498 g/mol. The number of nitrogens with zero attached hydrogens (tertiary/aromatic N) is 2. The number of Topliss-reactive ketones (excluding diaryl/α,β-unsaturated/α-hetero) is 1. The van der Waals surface area contributed by atoms with E-state index in [9.17, 15) is 19.1 Å². The first-order valence-electron chi connectivity index (χ1n) is 10.3. The number of hydrogen-bond donors (Lipinski definition) is 1. The molecule has 35 heavy (non-hydrogen) atoms. The van der Waals surface area contributed by atoms with Gasteiger partial charge in [-0.05, 0) is 35.4 Å². The van der Waals surface area contributed by atoms with Gasteiger partial charge >= 0.3 is 0 Å². The van der Waals surface area contributed by atoms with Gasteiger partial charge in [-0.1, -0.05) is 41.4 Å². The minimum Gasteiger partial charge on any atom is -0.507 e. The molecule has 2 aromatic carbocycles. The molecular formula is C25H19Cl2FN2O5. The first-order chi connectivity index (χ1) is 16.8. The van der Waals surface area contributed by atoms with Crippen LogP contribution in [0.5, 0.6) is 11.5 Å². The lowest BCUT2D eigenvalue weighted by molar-refractivity contribution is -0.140. The third-order valence-corrected chi connectivity index (χ3v) is 6.22. The minimum absolute atomic E-state index is 0.00160. The number of ketones is 1. The van der Waals surface area contributed by atoms with E-state index in [1.54, 1.807) is 24.5 Å². The van der Waals surface area contributed by atoms with Crippen molar-refractivity contribution in [2.45, 2.75) is 12.6 Å². The largest absolute Gasteiger partial charge is 0.507 e. The molecule has 0 bridgehead atoms. The van der Waals surface area contributed by atoms with Crippen molar-refractivity contribution in [3.05, 3.63) is 93.0 Å². The average Bonchev–Trinajstić information content (AvgIpc) is 3.09. The number of rotatable bonds is 6. The number of likely N-dealkylation sites (tertiary alicyclic amines) is 1. The Morgan fingerprint density at radius 1 is 1.11 bits per heavy atom. The Labute approximate surface area is 210 Å². The van der Waals surface area contributed by atoms with Gasteiger partial charge in [-0.3, -0.25) is 14.6 Å². The first kappa shape index (κ1) is 24.5. The summed E-state index contributed by atoms with van der Waals surface area (Å²) < 4.78 is 24.2. The molecule has 180 valence electrons. The number of carbonyl (C=O) groups is 2. The van der Waals surface area contributed by atoms with Crippen LogP contribution < -0.4 is 9.47 Å². The topological polar surface area (TPSA) is 89.0 Å². The Bertz CT molecular complexity index is 1330. The molecule has 1 fully saturated rings. The van der Waals surface area contributed by atoms with E-state index in [-0.39, 0.29) is 39.2 Å². The smallest absolute Gasteiger partial charge is 0.295 e. The van der Waals surface area contributed by atoms with E-state index in [0.29, 0.717) is 11.1 Å². The summed E-state index contributed by atoms with van der Waals surface area (Å²) in [5.41, 5.74) is 0.853. The van der Waals surface area contributed by atoms with Gasteiger partial charge in [0.25, 0.3) is 11.7 Å². The van der Waals surface area contributed by atoms with Crippen LogP contribution in [-0.2, 0) is 16.1 Å². The molecule has 1 aliphatic rings. The fourth-order valence-corrected chi connectivity index (χ4v) is 4.70. The molecule has 0 spiro atoms. The normalized spacial score (nSPS) is 17.1. The highest BCUT2D eigenvalue weighted by molar-refractivity contribution is 6.47. The van der Waals surface area contributed by atoms with Crippen molar-refractivity contribution in [3.8, 4) is 11.5 Å². The highest BCUT2D eigenvalue weighted by atomic mass is 35.5. The molecule has 0 saturated carbocycles. The zero-order valence-corrected chi connectivity index (χ0v) is 20.1. The van der Waals surface area contributed by atoms with Gasteiger partial charge in [0.15, 0.2) is 11.5 Å². The maximum Gasteiger partial charge on any atom is 0.295 e. The molecule has 7 nitrogen and oxygen atoms in total. The Balaban J connectivity index is 1.94. The van der Waals surface area contributed by atoms with Crippen molar-refractivity contribution in [3.63, 3.8) is 0 Å². The summed E-state index contributed by atoms with van der Waals surface area (Å²) in [5, 5.41) is 11.4. The van der Waals surface area contributed by atoms with E-state index in [1.807, 2.05) is 0 Å². The lowest BCUT2D eigenvalue weighted by Gasteiger charge is -2.25. The second kappa shape index (κ2) is 9.93. The molecule has 10 heteroatoms. The predicted molar refractivity (Wildman–Crippen MR) is 128 cm³/mol. The molecule has 3 aromatic rings. The highest BCUT2D eigenvalue weighted by Crippen LogP contribution is 2.47. The lowest BCUT2D eigenvalue weighted by atomic mass is 9.94. The van der Waals surface area contributed by atoms with E-state index in [0.717, 1.165) is 0 Å². The molecule has 1 atom stereocenters. The first-order valence-corrected chi connectivity index (χ1v) is 11.1. The monoisotopic (exact) mass is 516 g/mol. The van der Waals surface area contributed by atoms with Crippen LogP contribution in [0.15, 0.2) is 60.4 Å². The fourth-order valence-electron chi connectivity index (χ4n) is 4.01. The van der Waals surface area contributed by atoms with Crippen molar-refractivity contribution in [1.82, 2.24) is 9.88 Å². The number of amides is 1. The Kier molecular flexibility index (Phi) is 6.95. The Hall–Kier alpha value is -3.62.